The van der Waals surface area contributed by atoms with Crippen molar-refractivity contribution in [1.29, 1.82) is 0 Å². The van der Waals surface area contributed by atoms with Crippen molar-refractivity contribution < 1.29 is 4.79 Å². The van der Waals surface area contributed by atoms with Crippen LogP contribution in [0.4, 0.5) is 0 Å². The normalized spacial score (nSPS) is 17.9. The van der Waals surface area contributed by atoms with Gasteiger partial charge >= 0.3 is 0 Å². The van der Waals surface area contributed by atoms with Crippen molar-refractivity contribution in [2.75, 3.05) is 14.1 Å². The molecule has 2 nitrogen and oxygen atoms in total. The first-order valence-corrected chi connectivity index (χ1v) is 5.30. The largest absolute Gasteiger partial charge is 0.297 e. The molecule has 0 radical (unpaired) electrons. The summed E-state index contributed by atoms with van der Waals surface area (Å²) in [5, 5.41) is 0. The van der Waals surface area contributed by atoms with Crippen molar-refractivity contribution in [3.63, 3.8) is 0 Å². The lowest BCUT2D eigenvalue weighted by Crippen LogP contribution is -2.51. The van der Waals surface area contributed by atoms with Gasteiger partial charge in [0.25, 0.3) is 0 Å². The van der Waals surface area contributed by atoms with Crippen LogP contribution in [-0.4, -0.2) is 30.3 Å². The average Bonchev–Trinajstić information content (AvgIpc) is 2.89. The van der Waals surface area contributed by atoms with Crippen molar-refractivity contribution in [1.82, 2.24) is 4.90 Å². The number of ketones is 1. The van der Waals surface area contributed by atoms with Crippen LogP contribution in [0.2, 0.25) is 0 Å². The number of nitrogens with zero attached hydrogens (tertiary/aromatic N) is 1. The third kappa shape index (κ3) is 1.78. The second-order valence-corrected chi connectivity index (χ2v) is 4.27. The fourth-order valence-corrected chi connectivity index (χ4v) is 2.18. The molecule has 1 aliphatic rings. The smallest absolute Gasteiger partial charge is 0.156 e. The van der Waals surface area contributed by atoms with Gasteiger partial charge in [-0.25, -0.2) is 0 Å². The maximum atomic E-state index is 12.1. The van der Waals surface area contributed by atoms with Gasteiger partial charge in [-0.1, -0.05) is 13.8 Å². The van der Waals surface area contributed by atoms with Crippen LogP contribution in [-0.2, 0) is 4.79 Å². The van der Waals surface area contributed by atoms with Gasteiger partial charge in [-0.3, -0.25) is 9.69 Å². The average molecular weight is 183 g/mol. The van der Waals surface area contributed by atoms with E-state index in [-0.39, 0.29) is 5.54 Å². The van der Waals surface area contributed by atoms with Crippen molar-refractivity contribution >= 4 is 5.78 Å². The molecule has 13 heavy (non-hydrogen) atoms. The molecule has 0 spiro atoms. The van der Waals surface area contributed by atoms with E-state index < -0.39 is 0 Å². The number of carbonyl (C=O) groups excluding carboxylic acids is 1. The third-order valence-corrected chi connectivity index (χ3v) is 3.43. The van der Waals surface area contributed by atoms with Crippen LogP contribution in [0.25, 0.3) is 0 Å². The molecule has 2 heteroatoms. The predicted molar refractivity (Wildman–Crippen MR) is 54.7 cm³/mol. The lowest BCUT2D eigenvalue weighted by atomic mass is 9.84. The maximum Gasteiger partial charge on any atom is 0.156 e. The van der Waals surface area contributed by atoms with Crippen molar-refractivity contribution in [2.45, 2.75) is 45.1 Å². The summed E-state index contributed by atoms with van der Waals surface area (Å²) < 4.78 is 0. The Labute approximate surface area is 81.3 Å². The van der Waals surface area contributed by atoms with Crippen LogP contribution >= 0.6 is 0 Å². The molecule has 0 aromatic carbocycles. The minimum Gasteiger partial charge on any atom is -0.297 e. The summed E-state index contributed by atoms with van der Waals surface area (Å²) in [6.45, 7) is 4.23. The van der Waals surface area contributed by atoms with Gasteiger partial charge in [0.05, 0.1) is 5.54 Å². The Balaban J connectivity index is 2.80. The topological polar surface area (TPSA) is 20.3 Å². The minimum absolute atomic E-state index is 0.179. The number of carbonyl (C=O) groups is 1. The first-order valence-electron chi connectivity index (χ1n) is 5.30. The molecule has 1 rings (SSSR count). The van der Waals surface area contributed by atoms with Gasteiger partial charge in [-0.05, 0) is 39.8 Å². The second kappa shape index (κ2) is 3.79. The van der Waals surface area contributed by atoms with Crippen molar-refractivity contribution in [2.24, 2.45) is 5.92 Å². The van der Waals surface area contributed by atoms with Crippen LogP contribution in [0.1, 0.15) is 39.5 Å². The molecule has 76 valence electrons. The van der Waals surface area contributed by atoms with Gasteiger partial charge in [0, 0.05) is 5.92 Å². The zero-order chi connectivity index (χ0) is 10.1. The second-order valence-electron chi connectivity index (χ2n) is 4.27. The van der Waals surface area contributed by atoms with E-state index in [0.29, 0.717) is 11.7 Å². The van der Waals surface area contributed by atoms with E-state index in [0.717, 1.165) is 25.7 Å². The highest BCUT2D eigenvalue weighted by Crippen LogP contribution is 2.37. The van der Waals surface area contributed by atoms with E-state index in [1.807, 2.05) is 14.1 Å². The van der Waals surface area contributed by atoms with Gasteiger partial charge < -0.3 is 0 Å². The standard InChI is InChI=1S/C11H21NO/c1-5-11(6-2,12(3)4)10(13)9-7-8-9/h9H,5-8H2,1-4H3. The molecule has 0 N–H and O–H groups in total. The summed E-state index contributed by atoms with van der Waals surface area (Å²) in [6, 6.07) is 0. The van der Waals surface area contributed by atoms with Gasteiger partial charge in [0.1, 0.15) is 0 Å². The summed E-state index contributed by atoms with van der Waals surface area (Å²) >= 11 is 0. The number of hydrogen-bond donors (Lipinski definition) is 0. The number of hydrogen-bond acceptors (Lipinski definition) is 2. The van der Waals surface area contributed by atoms with Gasteiger partial charge in [0.15, 0.2) is 5.78 Å². The molecule has 0 atom stereocenters. The van der Waals surface area contributed by atoms with E-state index >= 15 is 0 Å². The fraction of sp³-hybridized carbons (Fsp3) is 0.909. The molecule has 0 aliphatic heterocycles. The molecule has 0 bridgehead atoms. The highest BCUT2D eigenvalue weighted by atomic mass is 16.1. The number of Topliss-reactive ketones (excluding diaryl/α,β-unsaturated/α-hetero) is 1. The van der Waals surface area contributed by atoms with E-state index in [1.165, 1.54) is 0 Å². The van der Waals surface area contributed by atoms with Crippen LogP contribution in [0.3, 0.4) is 0 Å². The maximum absolute atomic E-state index is 12.1. The Morgan fingerprint density at radius 3 is 2.00 bits per heavy atom. The molecule has 0 aromatic heterocycles. The highest BCUT2D eigenvalue weighted by molar-refractivity contribution is 5.92. The van der Waals surface area contributed by atoms with Gasteiger partial charge in [-0.15, -0.1) is 0 Å². The lowest BCUT2D eigenvalue weighted by molar-refractivity contribution is -0.131. The van der Waals surface area contributed by atoms with E-state index in [1.54, 1.807) is 0 Å². The SMILES string of the molecule is CCC(CC)(C(=O)C1CC1)N(C)C. The summed E-state index contributed by atoms with van der Waals surface area (Å²) in [7, 11) is 4.04. The molecule has 1 aliphatic carbocycles. The van der Waals surface area contributed by atoms with E-state index in [9.17, 15) is 4.79 Å². The Morgan fingerprint density at radius 1 is 1.31 bits per heavy atom. The van der Waals surface area contributed by atoms with E-state index in [4.69, 9.17) is 0 Å². The first-order chi connectivity index (χ1) is 6.08. The van der Waals surface area contributed by atoms with Gasteiger partial charge in [-0.2, -0.15) is 0 Å². The quantitative estimate of drug-likeness (QED) is 0.650. The highest BCUT2D eigenvalue weighted by Gasteiger charge is 2.44. The summed E-state index contributed by atoms with van der Waals surface area (Å²) in [5.41, 5.74) is -0.179. The lowest BCUT2D eigenvalue weighted by Gasteiger charge is -2.37. The summed E-state index contributed by atoms with van der Waals surface area (Å²) in [5.74, 6) is 0.852. The Morgan fingerprint density at radius 2 is 1.77 bits per heavy atom. The molecule has 0 unspecified atom stereocenters. The molecule has 0 saturated heterocycles. The molecular formula is C11H21NO. The Bertz CT molecular complexity index is 190. The van der Waals surface area contributed by atoms with Crippen LogP contribution in [0.5, 0.6) is 0 Å². The Hall–Kier alpha value is -0.370. The van der Waals surface area contributed by atoms with Crippen LogP contribution in [0.15, 0.2) is 0 Å². The first kappa shape index (κ1) is 10.7. The van der Waals surface area contributed by atoms with Crippen molar-refractivity contribution in [3.8, 4) is 0 Å². The molecular weight excluding hydrogens is 162 g/mol. The van der Waals surface area contributed by atoms with E-state index in [2.05, 4.69) is 18.7 Å². The van der Waals surface area contributed by atoms with Crippen LogP contribution in [0, 0.1) is 5.92 Å². The molecule has 0 heterocycles. The predicted octanol–water partition coefficient (Wildman–Crippen LogP) is 2.09. The minimum atomic E-state index is -0.179. The Kier molecular flexibility index (Phi) is 3.12. The van der Waals surface area contributed by atoms with Gasteiger partial charge in [0.2, 0.25) is 0 Å². The monoisotopic (exact) mass is 183 g/mol. The molecule has 0 amide bonds. The zero-order valence-corrected chi connectivity index (χ0v) is 9.26. The number of likely N-dealkylation sites (N-methyl/N-ethyl adjacent to an activating group) is 1. The molecule has 1 saturated carbocycles. The van der Waals surface area contributed by atoms with Crippen molar-refractivity contribution in [3.05, 3.63) is 0 Å². The van der Waals surface area contributed by atoms with Crippen LogP contribution < -0.4 is 0 Å². The zero-order valence-electron chi connectivity index (χ0n) is 9.26. The molecule has 1 fully saturated rings. The summed E-state index contributed by atoms with van der Waals surface area (Å²) in [4.78, 5) is 14.2. The third-order valence-electron chi connectivity index (χ3n) is 3.43. The molecule has 0 aromatic rings. The fourth-order valence-electron chi connectivity index (χ4n) is 2.18. The summed E-state index contributed by atoms with van der Waals surface area (Å²) in [6.07, 6.45) is 4.11. The number of rotatable bonds is 5.